The first-order valence-electron chi connectivity index (χ1n) is 6.18. The van der Waals surface area contributed by atoms with Gasteiger partial charge in [-0.25, -0.2) is 18.0 Å². The van der Waals surface area contributed by atoms with Crippen LogP contribution in [0.4, 0.5) is 23.7 Å². The lowest BCUT2D eigenvalue weighted by Gasteiger charge is -2.14. The number of urea groups is 1. The molecule has 0 aliphatic carbocycles. The molecular formula is C13H17F3N2O2. The van der Waals surface area contributed by atoms with E-state index in [1.165, 1.54) is 0 Å². The van der Waals surface area contributed by atoms with E-state index in [0.29, 0.717) is 18.6 Å². The van der Waals surface area contributed by atoms with Gasteiger partial charge in [-0.2, -0.15) is 0 Å². The molecule has 3 N–H and O–H groups in total. The molecule has 1 rings (SSSR count). The van der Waals surface area contributed by atoms with Crippen molar-refractivity contribution < 1.29 is 23.1 Å². The summed E-state index contributed by atoms with van der Waals surface area (Å²) in [6.07, 6.45) is -0.187. The molecule has 0 aromatic heterocycles. The Bertz CT molecular complexity index is 458. The summed E-state index contributed by atoms with van der Waals surface area (Å²) in [4.78, 5) is 11.4. The summed E-state index contributed by atoms with van der Waals surface area (Å²) in [6, 6.07) is 0.674. The van der Waals surface area contributed by atoms with Crippen LogP contribution >= 0.6 is 0 Å². The molecule has 112 valence electrons. The van der Waals surface area contributed by atoms with Crippen molar-refractivity contribution in [1.82, 2.24) is 5.32 Å². The van der Waals surface area contributed by atoms with Gasteiger partial charge >= 0.3 is 6.03 Å². The number of anilines is 1. The molecule has 0 saturated heterocycles. The highest BCUT2D eigenvalue weighted by molar-refractivity contribution is 5.89. The van der Waals surface area contributed by atoms with Crippen LogP contribution in [0.3, 0.4) is 0 Å². The van der Waals surface area contributed by atoms with Crippen molar-refractivity contribution in [2.75, 3.05) is 11.9 Å². The Balaban J connectivity index is 2.47. The summed E-state index contributed by atoms with van der Waals surface area (Å²) in [5.74, 6) is -4.28. The van der Waals surface area contributed by atoms with Crippen LogP contribution in [0.2, 0.25) is 0 Å². The van der Waals surface area contributed by atoms with Crippen LogP contribution in [-0.2, 0) is 0 Å². The number of carbonyl (C=O) groups excluding carboxylic acids is 1. The Morgan fingerprint density at radius 3 is 2.30 bits per heavy atom. The summed E-state index contributed by atoms with van der Waals surface area (Å²) < 4.78 is 38.5. The van der Waals surface area contributed by atoms with Crippen molar-refractivity contribution in [2.24, 2.45) is 5.92 Å². The molecule has 0 aliphatic rings. The lowest BCUT2D eigenvalue weighted by Crippen LogP contribution is -2.32. The van der Waals surface area contributed by atoms with Crippen molar-refractivity contribution in [3.8, 4) is 0 Å². The fourth-order valence-corrected chi connectivity index (χ4v) is 1.47. The van der Waals surface area contributed by atoms with Gasteiger partial charge in [0.25, 0.3) is 0 Å². The summed E-state index contributed by atoms with van der Waals surface area (Å²) in [5, 5.41) is 14.1. The number of amides is 2. The van der Waals surface area contributed by atoms with Crippen molar-refractivity contribution in [3.63, 3.8) is 0 Å². The molecule has 0 spiro atoms. The Kier molecular flexibility index (Phi) is 5.82. The molecule has 0 bridgehead atoms. The number of rotatable bonds is 5. The monoisotopic (exact) mass is 290 g/mol. The molecule has 0 radical (unpaired) electrons. The molecule has 1 atom stereocenters. The number of nitrogens with one attached hydrogen (secondary N) is 2. The molecule has 20 heavy (non-hydrogen) atoms. The van der Waals surface area contributed by atoms with E-state index in [0.717, 1.165) is 0 Å². The van der Waals surface area contributed by atoms with Crippen LogP contribution in [-0.4, -0.2) is 23.8 Å². The normalized spacial score (nSPS) is 12.3. The van der Waals surface area contributed by atoms with E-state index in [1.807, 2.05) is 13.8 Å². The van der Waals surface area contributed by atoms with E-state index in [-0.39, 0.29) is 18.2 Å². The predicted octanol–water partition coefficient (Wildman–Crippen LogP) is 2.63. The predicted molar refractivity (Wildman–Crippen MR) is 68.8 cm³/mol. The average molecular weight is 290 g/mol. The zero-order chi connectivity index (χ0) is 15.3. The zero-order valence-corrected chi connectivity index (χ0v) is 11.2. The first kappa shape index (κ1) is 16.3. The SMILES string of the molecule is CC(C)C(O)CCNC(=O)Nc1cc(F)c(F)c(F)c1. The number of benzene rings is 1. The standard InChI is InChI=1S/C13H17F3N2O2/c1-7(2)11(19)3-4-17-13(20)18-8-5-9(14)12(16)10(15)6-8/h5-7,11,19H,3-4H2,1-2H3,(H2,17,18,20). The van der Waals surface area contributed by atoms with Gasteiger partial charge in [-0.3, -0.25) is 0 Å². The van der Waals surface area contributed by atoms with E-state index >= 15 is 0 Å². The third-order valence-electron chi connectivity index (χ3n) is 2.74. The molecule has 0 fully saturated rings. The summed E-state index contributed by atoms with van der Waals surface area (Å²) >= 11 is 0. The molecule has 1 aromatic rings. The molecule has 1 aromatic carbocycles. The Morgan fingerprint density at radius 1 is 1.25 bits per heavy atom. The van der Waals surface area contributed by atoms with Crippen LogP contribution in [0.5, 0.6) is 0 Å². The molecule has 0 aliphatic heterocycles. The van der Waals surface area contributed by atoms with Crippen molar-refractivity contribution in [3.05, 3.63) is 29.6 Å². The van der Waals surface area contributed by atoms with Crippen LogP contribution in [0.25, 0.3) is 0 Å². The lowest BCUT2D eigenvalue weighted by molar-refractivity contribution is 0.117. The van der Waals surface area contributed by atoms with Crippen molar-refractivity contribution in [2.45, 2.75) is 26.4 Å². The van der Waals surface area contributed by atoms with Crippen molar-refractivity contribution in [1.29, 1.82) is 0 Å². The Labute approximate surface area is 115 Å². The first-order valence-corrected chi connectivity index (χ1v) is 6.18. The van der Waals surface area contributed by atoms with E-state index < -0.39 is 29.6 Å². The maximum Gasteiger partial charge on any atom is 0.319 e. The summed E-state index contributed by atoms with van der Waals surface area (Å²) in [7, 11) is 0. The number of aliphatic hydroxyl groups is 1. The second-order valence-electron chi connectivity index (χ2n) is 4.73. The zero-order valence-electron chi connectivity index (χ0n) is 11.2. The third-order valence-corrected chi connectivity index (χ3v) is 2.74. The average Bonchev–Trinajstić information content (AvgIpc) is 2.35. The van der Waals surface area contributed by atoms with Crippen molar-refractivity contribution >= 4 is 11.7 Å². The fourth-order valence-electron chi connectivity index (χ4n) is 1.47. The molecule has 0 heterocycles. The quantitative estimate of drug-likeness (QED) is 0.730. The smallest absolute Gasteiger partial charge is 0.319 e. The molecule has 4 nitrogen and oxygen atoms in total. The molecule has 2 amide bonds. The van der Waals surface area contributed by atoms with Gasteiger partial charge in [0.15, 0.2) is 17.5 Å². The van der Waals surface area contributed by atoms with Gasteiger partial charge in [0.1, 0.15) is 0 Å². The first-order chi connectivity index (χ1) is 9.31. The topological polar surface area (TPSA) is 61.4 Å². The molecular weight excluding hydrogens is 273 g/mol. The number of carbonyl (C=O) groups is 1. The fraction of sp³-hybridized carbons (Fsp3) is 0.462. The third kappa shape index (κ3) is 4.73. The van der Waals surface area contributed by atoms with Gasteiger partial charge in [-0.05, 0) is 12.3 Å². The van der Waals surface area contributed by atoms with E-state index in [4.69, 9.17) is 0 Å². The van der Waals surface area contributed by atoms with Gasteiger partial charge in [-0.1, -0.05) is 13.8 Å². The summed E-state index contributed by atoms with van der Waals surface area (Å²) in [6.45, 7) is 3.89. The number of halogens is 3. The number of hydrogen-bond donors (Lipinski definition) is 3. The minimum Gasteiger partial charge on any atom is -0.393 e. The van der Waals surface area contributed by atoms with E-state index in [1.54, 1.807) is 0 Å². The van der Waals surface area contributed by atoms with Gasteiger partial charge in [0.2, 0.25) is 0 Å². The van der Waals surface area contributed by atoms with Gasteiger partial charge in [0.05, 0.1) is 6.10 Å². The van der Waals surface area contributed by atoms with E-state index in [2.05, 4.69) is 10.6 Å². The minimum absolute atomic E-state index is 0.0696. The Morgan fingerprint density at radius 2 is 1.80 bits per heavy atom. The van der Waals surface area contributed by atoms with Crippen LogP contribution in [0.1, 0.15) is 20.3 Å². The molecule has 0 saturated carbocycles. The molecule has 7 heteroatoms. The second kappa shape index (κ2) is 7.14. The largest absolute Gasteiger partial charge is 0.393 e. The van der Waals surface area contributed by atoms with E-state index in [9.17, 15) is 23.1 Å². The van der Waals surface area contributed by atoms with Gasteiger partial charge < -0.3 is 15.7 Å². The minimum atomic E-state index is -1.59. The second-order valence-corrected chi connectivity index (χ2v) is 4.73. The highest BCUT2D eigenvalue weighted by Gasteiger charge is 2.13. The summed E-state index contributed by atoms with van der Waals surface area (Å²) in [5.41, 5.74) is -0.191. The maximum absolute atomic E-state index is 12.9. The lowest BCUT2D eigenvalue weighted by atomic mass is 10.0. The number of aliphatic hydroxyl groups excluding tert-OH is 1. The highest BCUT2D eigenvalue weighted by Crippen LogP contribution is 2.17. The number of hydrogen-bond acceptors (Lipinski definition) is 2. The highest BCUT2D eigenvalue weighted by atomic mass is 19.2. The Hall–Kier alpha value is -1.76. The molecule has 1 unspecified atom stereocenters. The maximum atomic E-state index is 12.9. The van der Waals surface area contributed by atoms with Crippen LogP contribution in [0.15, 0.2) is 12.1 Å². The van der Waals surface area contributed by atoms with Crippen LogP contribution in [0, 0.1) is 23.4 Å². The van der Waals surface area contributed by atoms with Gasteiger partial charge in [0, 0.05) is 24.4 Å². The van der Waals surface area contributed by atoms with Gasteiger partial charge in [-0.15, -0.1) is 0 Å². The van der Waals surface area contributed by atoms with Crippen LogP contribution < -0.4 is 10.6 Å².